The summed E-state index contributed by atoms with van der Waals surface area (Å²) in [5.41, 5.74) is 0. The quantitative estimate of drug-likeness (QED) is 0.762. The van der Waals surface area contributed by atoms with Gasteiger partial charge < -0.3 is 9.80 Å². The normalized spacial score (nSPS) is 26.2. The van der Waals surface area contributed by atoms with Gasteiger partial charge in [-0.2, -0.15) is 0 Å². The Bertz CT molecular complexity index is 561. The van der Waals surface area contributed by atoms with Crippen molar-refractivity contribution in [3.8, 4) is 0 Å². The summed E-state index contributed by atoms with van der Waals surface area (Å²) in [6.07, 6.45) is 3.22. The number of nitrogens with one attached hydrogen (secondary N) is 1. The van der Waals surface area contributed by atoms with E-state index in [0.717, 1.165) is 19.1 Å². The number of rotatable bonds is 5. The minimum absolute atomic E-state index is 0.0329. The lowest BCUT2D eigenvalue weighted by Crippen LogP contribution is -2.46. The van der Waals surface area contributed by atoms with Crippen LogP contribution in [-0.2, 0) is 19.6 Å². The SMILES string of the molecule is CC(C)N1C[C@@H](C(=O)N2CCC[C@H](CNS(C)(=O)=O)C2)CC1=O. The number of hydrogen-bond acceptors (Lipinski definition) is 4. The smallest absolute Gasteiger partial charge is 0.228 e. The number of nitrogens with zero attached hydrogens (tertiary/aromatic N) is 2. The number of sulfonamides is 1. The van der Waals surface area contributed by atoms with Crippen LogP contribution in [0.1, 0.15) is 33.1 Å². The van der Waals surface area contributed by atoms with Crippen LogP contribution in [-0.4, -0.2) is 68.5 Å². The minimum atomic E-state index is -3.21. The molecule has 0 bridgehead atoms. The van der Waals surface area contributed by atoms with Gasteiger partial charge in [0.1, 0.15) is 0 Å². The van der Waals surface area contributed by atoms with Crippen LogP contribution < -0.4 is 4.72 Å². The molecule has 7 nitrogen and oxygen atoms in total. The average Bonchev–Trinajstić information content (AvgIpc) is 2.86. The molecule has 132 valence electrons. The third kappa shape index (κ3) is 4.91. The number of hydrogen-bond donors (Lipinski definition) is 1. The maximum Gasteiger partial charge on any atom is 0.228 e. The lowest BCUT2D eigenvalue weighted by atomic mass is 9.96. The Kier molecular flexibility index (Phi) is 5.67. The summed E-state index contributed by atoms with van der Waals surface area (Å²) in [5, 5.41) is 0. The van der Waals surface area contributed by atoms with E-state index in [9.17, 15) is 18.0 Å². The Morgan fingerprint density at radius 1 is 1.35 bits per heavy atom. The zero-order chi connectivity index (χ0) is 17.2. The third-order valence-electron chi connectivity index (χ3n) is 4.60. The van der Waals surface area contributed by atoms with Gasteiger partial charge in [-0.3, -0.25) is 9.59 Å². The molecule has 2 aliphatic rings. The summed E-state index contributed by atoms with van der Waals surface area (Å²) in [6.45, 7) is 6.04. The van der Waals surface area contributed by atoms with E-state index in [1.165, 1.54) is 0 Å². The zero-order valence-electron chi connectivity index (χ0n) is 14.1. The van der Waals surface area contributed by atoms with Crippen LogP contribution in [0, 0.1) is 11.8 Å². The molecule has 0 aromatic carbocycles. The van der Waals surface area contributed by atoms with Gasteiger partial charge in [0, 0.05) is 38.6 Å². The first kappa shape index (κ1) is 18.2. The van der Waals surface area contributed by atoms with E-state index in [2.05, 4.69) is 4.72 Å². The molecule has 0 spiro atoms. The van der Waals surface area contributed by atoms with Crippen molar-refractivity contribution in [1.82, 2.24) is 14.5 Å². The van der Waals surface area contributed by atoms with Gasteiger partial charge in [-0.15, -0.1) is 0 Å². The molecule has 2 rings (SSSR count). The van der Waals surface area contributed by atoms with Crippen LogP contribution in [0.15, 0.2) is 0 Å². The van der Waals surface area contributed by atoms with E-state index >= 15 is 0 Å². The topological polar surface area (TPSA) is 86.8 Å². The molecule has 1 N–H and O–H groups in total. The molecule has 0 saturated carbocycles. The lowest BCUT2D eigenvalue weighted by Gasteiger charge is -2.34. The molecule has 0 unspecified atom stereocenters. The second-order valence-electron chi connectivity index (χ2n) is 6.95. The van der Waals surface area contributed by atoms with Crippen LogP contribution in [0.4, 0.5) is 0 Å². The predicted octanol–water partition coefficient (Wildman–Crippen LogP) is 0.0311. The highest BCUT2D eigenvalue weighted by Gasteiger charge is 2.38. The fourth-order valence-corrected chi connectivity index (χ4v) is 3.89. The molecule has 0 aromatic heterocycles. The molecule has 0 aromatic rings. The maximum atomic E-state index is 12.7. The fourth-order valence-electron chi connectivity index (χ4n) is 3.36. The molecule has 2 heterocycles. The summed E-state index contributed by atoms with van der Waals surface area (Å²) in [5.74, 6) is -0.0385. The maximum absolute atomic E-state index is 12.7. The van der Waals surface area contributed by atoms with Gasteiger partial charge in [0.25, 0.3) is 0 Å². The van der Waals surface area contributed by atoms with Crippen molar-refractivity contribution in [1.29, 1.82) is 0 Å². The summed E-state index contributed by atoms with van der Waals surface area (Å²) in [7, 11) is -3.21. The van der Waals surface area contributed by atoms with E-state index in [-0.39, 0.29) is 29.7 Å². The highest BCUT2D eigenvalue weighted by molar-refractivity contribution is 7.88. The van der Waals surface area contributed by atoms with Gasteiger partial charge in [0.15, 0.2) is 0 Å². The van der Waals surface area contributed by atoms with Crippen LogP contribution in [0.5, 0.6) is 0 Å². The minimum Gasteiger partial charge on any atom is -0.342 e. The molecule has 0 aliphatic carbocycles. The molecular weight excluding hydrogens is 318 g/mol. The van der Waals surface area contributed by atoms with Crippen molar-refractivity contribution in [3.63, 3.8) is 0 Å². The molecule has 23 heavy (non-hydrogen) atoms. The Morgan fingerprint density at radius 3 is 2.61 bits per heavy atom. The van der Waals surface area contributed by atoms with E-state index in [1.807, 2.05) is 13.8 Å². The Balaban J connectivity index is 1.91. The summed E-state index contributed by atoms with van der Waals surface area (Å²) in [6, 6.07) is 0.119. The Morgan fingerprint density at radius 2 is 2.04 bits per heavy atom. The second kappa shape index (κ2) is 7.17. The fraction of sp³-hybridized carbons (Fsp3) is 0.867. The summed E-state index contributed by atoms with van der Waals surface area (Å²) < 4.78 is 24.9. The summed E-state index contributed by atoms with van der Waals surface area (Å²) >= 11 is 0. The number of likely N-dealkylation sites (tertiary alicyclic amines) is 2. The van der Waals surface area contributed by atoms with Gasteiger partial charge >= 0.3 is 0 Å². The van der Waals surface area contributed by atoms with Gasteiger partial charge in [-0.05, 0) is 32.6 Å². The van der Waals surface area contributed by atoms with Crippen LogP contribution in [0.25, 0.3) is 0 Å². The van der Waals surface area contributed by atoms with Crippen molar-refractivity contribution < 1.29 is 18.0 Å². The summed E-state index contributed by atoms with van der Waals surface area (Å²) in [4.78, 5) is 28.2. The third-order valence-corrected chi connectivity index (χ3v) is 5.29. The first-order chi connectivity index (χ1) is 10.7. The highest BCUT2D eigenvalue weighted by Crippen LogP contribution is 2.25. The second-order valence-corrected chi connectivity index (χ2v) is 8.79. The van der Waals surface area contributed by atoms with E-state index < -0.39 is 10.0 Å². The molecule has 2 aliphatic heterocycles. The lowest BCUT2D eigenvalue weighted by molar-refractivity contribution is -0.137. The van der Waals surface area contributed by atoms with Gasteiger partial charge in [0.2, 0.25) is 21.8 Å². The first-order valence-electron chi connectivity index (χ1n) is 8.20. The van der Waals surface area contributed by atoms with Gasteiger partial charge in [0.05, 0.1) is 12.2 Å². The molecule has 2 fully saturated rings. The monoisotopic (exact) mass is 345 g/mol. The van der Waals surface area contributed by atoms with Gasteiger partial charge in [-0.25, -0.2) is 13.1 Å². The molecule has 0 radical (unpaired) electrons. The molecule has 8 heteroatoms. The predicted molar refractivity (Wildman–Crippen MR) is 87.1 cm³/mol. The molecular formula is C15H27N3O4S. The van der Waals surface area contributed by atoms with Crippen LogP contribution in [0.2, 0.25) is 0 Å². The van der Waals surface area contributed by atoms with Crippen molar-refractivity contribution in [2.24, 2.45) is 11.8 Å². The standard InChI is InChI=1S/C15H27N3O4S/c1-11(2)18-10-13(7-14(18)19)15(20)17-6-4-5-12(9-17)8-16-23(3,21)22/h11-13,16H,4-10H2,1-3H3/t12-,13+/m1/s1. The highest BCUT2D eigenvalue weighted by atomic mass is 32.2. The van der Waals surface area contributed by atoms with Crippen LogP contribution in [0.3, 0.4) is 0 Å². The van der Waals surface area contributed by atoms with Gasteiger partial charge in [-0.1, -0.05) is 0 Å². The Hall–Kier alpha value is -1.15. The van der Waals surface area contributed by atoms with E-state index in [4.69, 9.17) is 0 Å². The molecule has 2 atom stereocenters. The van der Waals surface area contributed by atoms with Crippen molar-refractivity contribution >= 4 is 21.8 Å². The van der Waals surface area contributed by atoms with Crippen molar-refractivity contribution in [2.45, 2.75) is 39.2 Å². The first-order valence-corrected chi connectivity index (χ1v) is 10.1. The van der Waals surface area contributed by atoms with E-state index in [1.54, 1.807) is 9.80 Å². The number of amides is 2. The Labute approximate surface area is 138 Å². The van der Waals surface area contributed by atoms with E-state index in [0.29, 0.717) is 32.6 Å². The largest absolute Gasteiger partial charge is 0.342 e. The van der Waals surface area contributed by atoms with Crippen LogP contribution >= 0.6 is 0 Å². The van der Waals surface area contributed by atoms with Crippen molar-refractivity contribution in [3.05, 3.63) is 0 Å². The molecule has 2 saturated heterocycles. The zero-order valence-corrected chi connectivity index (χ0v) is 14.9. The number of piperidine rings is 1. The average molecular weight is 345 g/mol. The number of carbonyl (C=O) groups excluding carboxylic acids is 2. The molecule has 2 amide bonds. The van der Waals surface area contributed by atoms with Crippen molar-refractivity contribution in [2.75, 3.05) is 32.4 Å². The number of carbonyl (C=O) groups is 2.